The third-order valence-electron chi connectivity index (χ3n) is 5.99. The monoisotopic (exact) mass is 443 g/mol. The maximum absolute atomic E-state index is 12.8. The van der Waals surface area contributed by atoms with Crippen LogP contribution in [0.15, 0.2) is 59.5 Å². The number of piperidine rings is 1. The highest BCUT2D eigenvalue weighted by molar-refractivity contribution is 7.89. The highest BCUT2D eigenvalue weighted by atomic mass is 32.2. The van der Waals surface area contributed by atoms with Crippen molar-refractivity contribution >= 4 is 15.8 Å². The summed E-state index contributed by atoms with van der Waals surface area (Å²) in [6.45, 7) is 4.11. The van der Waals surface area contributed by atoms with E-state index in [1.807, 2.05) is 32.3 Å². The van der Waals surface area contributed by atoms with Crippen molar-refractivity contribution in [3.8, 4) is 0 Å². The summed E-state index contributed by atoms with van der Waals surface area (Å²) in [7, 11) is 0.539. The number of likely N-dealkylation sites (N-methyl/N-ethyl adjacent to an activating group) is 1. The fourth-order valence-electron chi connectivity index (χ4n) is 3.89. The minimum Gasteiger partial charge on any atom is -0.308 e. The van der Waals surface area contributed by atoms with Gasteiger partial charge < -0.3 is 10.2 Å². The van der Waals surface area contributed by atoms with Gasteiger partial charge in [0.05, 0.1) is 11.4 Å². The SMILES string of the molecule is CC1CCN(S(=O)(=O)c2ccc(C(=O)CNCC(c3ccccc3)N(C)C)cc2)CC1. The molecule has 0 radical (unpaired) electrons. The first kappa shape index (κ1) is 23.6. The van der Waals surface area contributed by atoms with Gasteiger partial charge in [-0.25, -0.2) is 8.42 Å². The summed E-state index contributed by atoms with van der Waals surface area (Å²) in [5.74, 6) is 0.509. The molecule has 1 aliphatic heterocycles. The van der Waals surface area contributed by atoms with Gasteiger partial charge in [0.2, 0.25) is 10.0 Å². The van der Waals surface area contributed by atoms with E-state index in [0.717, 1.165) is 12.8 Å². The van der Waals surface area contributed by atoms with E-state index in [0.29, 0.717) is 31.1 Å². The van der Waals surface area contributed by atoms with Crippen LogP contribution < -0.4 is 5.32 Å². The van der Waals surface area contributed by atoms with E-state index in [2.05, 4.69) is 29.3 Å². The van der Waals surface area contributed by atoms with E-state index in [9.17, 15) is 13.2 Å². The Balaban J connectivity index is 1.58. The quantitative estimate of drug-likeness (QED) is 0.603. The zero-order valence-corrected chi connectivity index (χ0v) is 19.4. The first-order valence-electron chi connectivity index (χ1n) is 10.8. The number of carbonyl (C=O) groups excluding carboxylic acids is 1. The summed E-state index contributed by atoms with van der Waals surface area (Å²) in [6, 6.07) is 16.7. The summed E-state index contributed by atoms with van der Waals surface area (Å²) in [5.41, 5.74) is 1.70. The predicted molar refractivity (Wildman–Crippen MR) is 124 cm³/mol. The van der Waals surface area contributed by atoms with Crippen LogP contribution in [0.5, 0.6) is 0 Å². The van der Waals surface area contributed by atoms with Gasteiger partial charge in [-0.1, -0.05) is 49.4 Å². The summed E-state index contributed by atoms with van der Waals surface area (Å²) >= 11 is 0. The molecular weight excluding hydrogens is 410 g/mol. The standard InChI is InChI=1S/C24H33N3O3S/c1-19-13-15-27(16-14-19)31(29,30)22-11-9-21(10-12-22)24(28)18-25-17-23(26(2)3)20-7-5-4-6-8-20/h4-12,19,23,25H,13-18H2,1-3H3. The average Bonchev–Trinajstić information content (AvgIpc) is 2.77. The minimum absolute atomic E-state index is 0.0543. The molecule has 6 nitrogen and oxygen atoms in total. The molecule has 1 aliphatic rings. The Kier molecular flexibility index (Phi) is 8.00. The van der Waals surface area contributed by atoms with Crippen molar-refractivity contribution in [1.29, 1.82) is 0 Å². The zero-order chi connectivity index (χ0) is 22.4. The molecule has 1 unspecified atom stereocenters. The number of ketones is 1. The lowest BCUT2D eigenvalue weighted by Gasteiger charge is -2.29. The molecule has 1 heterocycles. The maximum atomic E-state index is 12.8. The molecule has 3 rings (SSSR count). The van der Waals surface area contributed by atoms with Crippen LogP contribution in [0.3, 0.4) is 0 Å². The molecule has 1 fully saturated rings. The van der Waals surface area contributed by atoms with Crippen LogP contribution >= 0.6 is 0 Å². The molecule has 0 saturated carbocycles. The molecule has 0 bridgehead atoms. The van der Waals surface area contributed by atoms with Crippen LogP contribution in [0, 0.1) is 5.92 Å². The zero-order valence-electron chi connectivity index (χ0n) is 18.6. The Morgan fingerprint density at radius 3 is 2.26 bits per heavy atom. The van der Waals surface area contributed by atoms with Gasteiger partial charge in [0, 0.05) is 31.2 Å². The fourth-order valence-corrected chi connectivity index (χ4v) is 5.36. The Hall–Kier alpha value is -2.06. The topological polar surface area (TPSA) is 69.7 Å². The van der Waals surface area contributed by atoms with E-state index in [4.69, 9.17) is 0 Å². The van der Waals surface area contributed by atoms with E-state index in [-0.39, 0.29) is 23.3 Å². The molecular formula is C24H33N3O3S. The van der Waals surface area contributed by atoms with Gasteiger partial charge >= 0.3 is 0 Å². The van der Waals surface area contributed by atoms with Crippen molar-refractivity contribution in [2.45, 2.75) is 30.7 Å². The molecule has 1 N–H and O–H groups in total. The fraction of sp³-hybridized carbons (Fsp3) is 0.458. The molecule has 1 atom stereocenters. The van der Waals surface area contributed by atoms with Crippen molar-refractivity contribution in [3.05, 3.63) is 65.7 Å². The first-order chi connectivity index (χ1) is 14.8. The number of rotatable bonds is 9. The smallest absolute Gasteiger partial charge is 0.243 e. The summed E-state index contributed by atoms with van der Waals surface area (Å²) in [6.07, 6.45) is 1.77. The third kappa shape index (κ3) is 6.01. The lowest BCUT2D eigenvalue weighted by Crippen LogP contribution is -2.37. The number of nitrogens with one attached hydrogen (secondary N) is 1. The van der Waals surface area contributed by atoms with Gasteiger partial charge in [0.15, 0.2) is 5.78 Å². The summed E-state index contributed by atoms with van der Waals surface area (Å²) < 4.78 is 27.2. The highest BCUT2D eigenvalue weighted by Crippen LogP contribution is 2.23. The molecule has 1 saturated heterocycles. The highest BCUT2D eigenvalue weighted by Gasteiger charge is 2.28. The third-order valence-corrected chi connectivity index (χ3v) is 7.90. The first-order valence-corrected chi connectivity index (χ1v) is 12.3. The number of benzene rings is 2. The van der Waals surface area contributed by atoms with Gasteiger partial charge in [0.1, 0.15) is 0 Å². The van der Waals surface area contributed by atoms with Crippen LogP contribution in [-0.4, -0.2) is 63.7 Å². The van der Waals surface area contributed by atoms with Gasteiger partial charge in [-0.15, -0.1) is 0 Å². The van der Waals surface area contributed by atoms with E-state index in [1.165, 1.54) is 5.56 Å². The normalized spacial score (nSPS) is 17.0. The van der Waals surface area contributed by atoms with E-state index in [1.54, 1.807) is 28.6 Å². The second kappa shape index (κ2) is 10.5. The number of Topliss-reactive ketones (excluding diaryl/α,β-unsaturated/α-hetero) is 1. The van der Waals surface area contributed by atoms with Gasteiger partial charge in [-0.05, 0) is 50.6 Å². The minimum atomic E-state index is -3.50. The number of sulfonamides is 1. The summed E-state index contributed by atoms with van der Waals surface area (Å²) in [4.78, 5) is 15.0. The number of carbonyl (C=O) groups is 1. The van der Waals surface area contributed by atoms with Crippen molar-refractivity contribution in [2.75, 3.05) is 40.3 Å². The predicted octanol–water partition coefficient (Wildman–Crippen LogP) is 3.18. The Morgan fingerprint density at radius 1 is 1.06 bits per heavy atom. The number of nitrogens with zero attached hydrogens (tertiary/aromatic N) is 2. The lowest BCUT2D eigenvalue weighted by molar-refractivity contribution is 0.0988. The number of hydrogen-bond acceptors (Lipinski definition) is 5. The molecule has 2 aromatic rings. The van der Waals surface area contributed by atoms with Crippen molar-refractivity contribution in [3.63, 3.8) is 0 Å². The van der Waals surface area contributed by atoms with Crippen LogP contribution in [0.4, 0.5) is 0 Å². The van der Waals surface area contributed by atoms with Crippen LogP contribution in [0.2, 0.25) is 0 Å². The molecule has 0 aliphatic carbocycles. The summed E-state index contributed by atoms with van der Waals surface area (Å²) in [5, 5.41) is 3.25. The lowest BCUT2D eigenvalue weighted by atomic mass is 10.0. The Labute approximate surface area is 186 Å². The van der Waals surface area contributed by atoms with Gasteiger partial charge in [0.25, 0.3) is 0 Å². The van der Waals surface area contributed by atoms with Crippen LogP contribution in [0.1, 0.15) is 41.7 Å². The average molecular weight is 444 g/mol. The molecule has 0 amide bonds. The largest absolute Gasteiger partial charge is 0.308 e. The molecule has 2 aromatic carbocycles. The molecule has 0 spiro atoms. The second-order valence-electron chi connectivity index (χ2n) is 8.56. The van der Waals surface area contributed by atoms with Crippen molar-refractivity contribution in [1.82, 2.24) is 14.5 Å². The molecule has 168 valence electrons. The van der Waals surface area contributed by atoms with E-state index >= 15 is 0 Å². The molecule has 7 heteroatoms. The molecule has 0 aromatic heterocycles. The number of hydrogen-bond donors (Lipinski definition) is 1. The van der Waals surface area contributed by atoms with Gasteiger partial charge in [-0.3, -0.25) is 4.79 Å². The van der Waals surface area contributed by atoms with E-state index < -0.39 is 10.0 Å². The Bertz CT molecular complexity index is 951. The van der Waals surface area contributed by atoms with Crippen molar-refractivity contribution in [2.24, 2.45) is 5.92 Å². The maximum Gasteiger partial charge on any atom is 0.243 e. The van der Waals surface area contributed by atoms with Crippen molar-refractivity contribution < 1.29 is 13.2 Å². The second-order valence-corrected chi connectivity index (χ2v) is 10.5. The Morgan fingerprint density at radius 2 is 1.68 bits per heavy atom. The van der Waals surface area contributed by atoms with Crippen LogP contribution in [0.25, 0.3) is 0 Å². The molecule has 31 heavy (non-hydrogen) atoms. The van der Waals surface area contributed by atoms with Crippen LogP contribution in [-0.2, 0) is 10.0 Å². The van der Waals surface area contributed by atoms with Gasteiger partial charge in [-0.2, -0.15) is 4.31 Å².